The molecule has 0 atom stereocenters. The third-order valence-electron chi connectivity index (χ3n) is 5.63. The number of nitrogens with zero attached hydrogens (tertiary/aromatic N) is 4. The lowest BCUT2D eigenvalue weighted by Crippen LogP contribution is -2.35. The van der Waals surface area contributed by atoms with Crippen molar-refractivity contribution in [3.8, 4) is 0 Å². The van der Waals surface area contributed by atoms with Gasteiger partial charge in [-0.3, -0.25) is 5.10 Å². The van der Waals surface area contributed by atoms with Gasteiger partial charge in [0, 0.05) is 30.8 Å². The van der Waals surface area contributed by atoms with Crippen molar-refractivity contribution < 1.29 is 0 Å². The van der Waals surface area contributed by atoms with Crippen LogP contribution >= 0.6 is 11.3 Å². The molecule has 0 spiro atoms. The molecule has 1 aliphatic heterocycles. The number of aromatic nitrogens is 4. The molecule has 7 nitrogen and oxygen atoms in total. The Morgan fingerprint density at radius 3 is 2.85 bits per heavy atom. The molecule has 1 saturated heterocycles. The van der Waals surface area contributed by atoms with E-state index in [2.05, 4.69) is 37.9 Å². The zero-order valence-corrected chi connectivity index (χ0v) is 16.1. The zero-order valence-electron chi connectivity index (χ0n) is 15.3. The summed E-state index contributed by atoms with van der Waals surface area (Å²) in [6, 6.07) is 4.18. The van der Waals surface area contributed by atoms with Gasteiger partial charge < -0.3 is 16.0 Å². The first-order valence-electron chi connectivity index (χ1n) is 9.83. The van der Waals surface area contributed by atoms with E-state index in [9.17, 15) is 0 Å². The highest BCUT2D eigenvalue weighted by molar-refractivity contribution is 7.17. The summed E-state index contributed by atoms with van der Waals surface area (Å²) in [6.07, 6.45) is 5.96. The highest BCUT2D eigenvalue weighted by atomic mass is 32.1. The van der Waals surface area contributed by atoms with Crippen molar-refractivity contribution in [2.24, 2.45) is 11.7 Å². The molecular formula is C19H25N7S. The Hall–Kier alpha value is -2.19. The van der Waals surface area contributed by atoms with Crippen molar-refractivity contribution >= 4 is 39.1 Å². The summed E-state index contributed by atoms with van der Waals surface area (Å²) in [6.45, 7) is 2.77. The summed E-state index contributed by atoms with van der Waals surface area (Å²) in [5.74, 6) is 3.89. The van der Waals surface area contributed by atoms with Crippen molar-refractivity contribution in [1.82, 2.24) is 20.2 Å². The lowest BCUT2D eigenvalue weighted by molar-refractivity contribution is 0.384. The number of hydrogen-bond acceptors (Lipinski definition) is 7. The van der Waals surface area contributed by atoms with Gasteiger partial charge >= 0.3 is 0 Å². The third-order valence-corrected chi connectivity index (χ3v) is 6.54. The van der Waals surface area contributed by atoms with Crippen molar-refractivity contribution in [2.75, 3.05) is 29.9 Å². The number of piperidine rings is 1. The molecule has 3 aromatic rings. The Bertz CT molecular complexity index is 921. The van der Waals surface area contributed by atoms with Crippen LogP contribution in [0.2, 0.25) is 0 Å². The molecule has 1 saturated carbocycles. The maximum Gasteiger partial charge on any atom is 0.227 e. The van der Waals surface area contributed by atoms with Crippen LogP contribution in [-0.2, 0) is 0 Å². The summed E-state index contributed by atoms with van der Waals surface area (Å²) < 4.78 is 1.08. The molecule has 3 aromatic heterocycles. The van der Waals surface area contributed by atoms with E-state index < -0.39 is 0 Å². The minimum atomic E-state index is 0.658. The minimum absolute atomic E-state index is 0.658. The van der Waals surface area contributed by atoms with E-state index in [1.165, 1.54) is 18.5 Å². The van der Waals surface area contributed by atoms with Crippen LogP contribution in [0, 0.1) is 5.92 Å². The molecule has 0 bridgehead atoms. The number of thiophene rings is 1. The first-order valence-corrected chi connectivity index (χ1v) is 10.7. The summed E-state index contributed by atoms with van der Waals surface area (Å²) in [4.78, 5) is 12.0. The fourth-order valence-electron chi connectivity index (χ4n) is 3.86. The highest BCUT2D eigenvalue weighted by Crippen LogP contribution is 2.40. The van der Waals surface area contributed by atoms with Gasteiger partial charge in [0.2, 0.25) is 5.95 Å². The molecule has 0 amide bonds. The van der Waals surface area contributed by atoms with Crippen molar-refractivity contribution in [1.29, 1.82) is 0 Å². The number of nitrogens with two attached hydrogens (primary N) is 1. The monoisotopic (exact) mass is 383 g/mol. The van der Waals surface area contributed by atoms with E-state index in [0.717, 1.165) is 72.6 Å². The molecule has 27 heavy (non-hydrogen) atoms. The second-order valence-corrected chi connectivity index (χ2v) is 8.54. The normalized spacial score (nSPS) is 18.3. The molecule has 0 unspecified atom stereocenters. The Balaban J connectivity index is 1.39. The Kier molecular flexibility index (Phi) is 4.45. The molecular weight excluding hydrogens is 358 g/mol. The number of H-pyrrole nitrogens is 1. The summed E-state index contributed by atoms with van der Waals surface area (Å²) >= 11 is 1.66. The van der Waals surface area contributed by atoms with E-state index in [1.807, 2.05) is 0 Å². The maximum atomic E-state index is 5.72. The molecule has 2 fully saturated rings. The fraction of sp³-hybridized carbons (Fsp3) is 0.526. The van der Waals surface area contributed by atoms with Crippen LogP contribution in [0.25, 0.3) is 10.2 Å². The van der Waals surface area contributed by atoms with Crippen molar-refractivity contribution in [2.45, 2.75) is 38.0 Å². The number of hydrogen-bond donors (Lipinski definition) is 3. The molecule has 8 heteroatoms. The first-order chi connectivity index (χ1) is 13.3. The summed E-state index contributed by atoms with van der Waals surface area (Å²) in [5, 5.41) is 13.1. The van der Waals surface area contributed by atoms with Gasteiger partial charge in [0.1, 0.15) is 0 Å². The van der Waals surface area contributed by atoms with Crippen LogP contribution < -0.4 is 16.0 Å². The van der Waals surface area contributed by atoms with E-state index >= 15 is 0 Å². The quantitative estimate of drug-likeness (QED) is 0.602. The largest absolute Gasteiger partial charge is 0.341 e. The molecule has 142 valence electrons. The van der Waals surface area contributed by atoms with Gasteiger partial charge in [0.05, 0.1) is 10.2 Å². The molecule has 2 aliphatic rings. The average Bonchev–Trinajstić information content (AvgIpc) is 3.23. The highest BCUT2D eigenvalue weighted by Gasteiger charge is 2.26. The number of anilines is 3. The minimum Gasteiger partial charge on any atom is -0.341 e. The van der Waals surface area contributed by atoms with Crippen LogP contribution in [0.3, 0.4) is 0 Å². The van der Waals surface area contributed by atoms with Gasteiger partial charge in [-0.25, -0.2) is 4.98 Å². The predicted molar refractivity (Wildman–Crippen MR) is 110 cm³/mol. The average molecular weight is 384 g/mol. The Morgan fingerprint density at radius 2 is 2.07 bits per heavy atom. The van der Waals surface area contributed by atoms with Crippen molar-refractivity contribution in [3.63, 3.8) is 0 Å². The predicted octanol–water partition coefficient (Wildman–Crippen LogP) is 3.60. The molecule has 5 rings (SSSR count). The second kappa shape index (κ2) is 7.09. The molecule has 0 radical (unpaired) electrons. The number of rotatable bonds is 6. The molecule has 1 aliphatic carbocycles. The van der Waals surface area contributed by atoms with Crippen LogP contribution in [0.15, 0.2) is 17.5 Å². The number of nitrogens with one attached hydrogen (secondary N) is 2. The summed E-state index contributed by atoms with van der Waals surface area (Å²) in [5.41, 5.74) is 7.93. The van der Waals surface area contributed by atoms with Crippen LogP contribution in [-0.4, -0.2) is 39.8 Å². The molecule has 0 aromatic carbocycles. The number of aromatic amines is 1. The van der Waals surface area contributed by atoms with Gasteiger partial charge in [-0.15, -0.1) is 11.3 Å². The van der Waals surface area contributed by atoms with Gasteiger partial charge in [-0.1, -0.05) is 0 Å². The fourth-order valence-corrected chi connectivity index (χ4v) is 4.64. The van der Waals surface area contributed by atoms with Gasteiger partial charge in [-0.05, 0) is 56.0 Å². The van der Waals surface area contributed by atoms with E-state index in [1.54, 1.807) is 11.3 Å². The lowest BCUT2D eigenvalue weighted by atomic mass is 9.94. The van der Waals surface area contributed by atoms with Gasteiger partial charge in [0.25, 0.3) is 0 Å². The topological polar surface area (TPSA) is 95.8 Å². The van der Waals surface area contributed by atoms with Crippen LogP contribution in [0.4, 0.5) is 17.6 Å². The number of fused-ring (bicyclic) bond motifs is 1. The smallest absolute Gasteiger partial charge is 0.227 e. The first kappa shape index (κ1) is 16.9. The van der Waals surface area contributed by atoms with E-state index in [-0.39, 0.29) is 0 Å². The summed E-state index contributed by atoms with van der Waals surface area (Å²) in [7, 11) is 0. The lowest BCUT2D eigenvalue weighted by Gasteiger charge is -2.32. The van der Waals surface area contributed by atoms with E-state index in [0.29, 0.717) is 5.92 Å². The Labute approximate surface area is 162 Å². The SMILES string of the molecule is NCCC1CCN(c2nc(Nc3cc(C4CC4)[nH]n3)c3sccc3n2)CC1. The van der Waals surface area contributed by atoms with Gasteiger partial charge in [0.15, 0.2) is 11.6 Å². The van der Waals surface area contributed by atoms with Gasteiger partial charge in [-0.2, -0.15) is 10.1 Å². The Morgan fingerprint density at radius 1 is 1.22 bits per heavy atom. The maximum absolute atomic E-state index is 5.72. The van der Waals surface area contributed by atoms with Crippen LogP contribution in [0.1, 0.15) is 43.7 Å². The van der Waals surface area contributed by atoms with E-state index in [4.69, 9.17) is 15.7 Å². The van der Waals surface area contributed by atoms with Crippen molar-refractivity contribution in [3.05, 3.63) is 23.2 Å². The third kappa shape index (κ3) is 3.51. The molecule has 4 heterocycles. The zero-order chi connectivity index (χ0) is 18.2. The standard InChI is InChI=1S/C19H25N7S/c20-7-3-12-4-8-26(9-5-12)19-21-14-6-10-27-17(14)18(23-19)22-16-11-15(24-25-16)13-1-2-13/h6,10-13H,1-5,7-9,20H2,(H2,21,22,23,24,25). The second-order valence-electron chi connectivity index (χ2n) is 7.62. The molecule has 4 N–H and O–H groups in total. The van der Waals surface area contributed by atoms with Crippen LogP contribution in [0.5, 0.6) is 0 Å².